The van der Waals surface area contributed by atoms with Crippen molar-refractivity contribution in [2.45, 2.75) is 39.3 Å². The Morgan fingerprint density at radius 2 is 2.17 bits per heavy atom. The Labute approximate surface area is 107 Å². The second kappa shape index (κ2) is 6.96. The number of ether oxygens (including phenoxy) is 1. The van der Waals surface area contributed by atoms with Crippen LogP contribution in [0, 0.1) is 10.1 Å². The van der Waals surface area contributed by atoms with E-state index >= 15 is 0 Å². The Hall–Kier alpha value is -1.62. The van der Waals surface area contributed by atoms with E-state index in [1.807, 2.05) is 6.07 Å². The largest absolute Gasteiger partial charge is 0.496 e. The van der Waals surface area contributed by atoms with Crippen molar-refractivity contribution in [3.05, 3.63) is 33.9 Å². The number of non-ortho nitro benzene ring substituents is 1. The predicted octanol–water partition coefficient (Wildman–Crippen LogP) is 2.88. The van der Waals surface area contributed by atoms with E-state index in [4.69, 9.17) is 4.74 Å². The van der Waals surface area contributed by atoms with Gasteiger partial charge in [0.1, 0.15) is 5.75 Å². The second-order valence-corrected chi connectivity index (χ2v) is 4.37. The highest BCUT2D eigenvalue weighted by molar-refractivity contribution is 5.42. The fraction of sp³-hybridized carbons (Fsp3) is 0.538. The van der Waals surface area contributed by atoms with Crippen LogP contribution < -0.4 is 10.1 Å². The first-order valence-electron chi connectivity index (χ1n) is 6.12. The van der Waals surface area contributed by atoms with Crippen LogP contribution in [-0.4, -0.2) is 18.1 Å². The maximum atomic E-state index is 10.8. The molecule has 0 aromatic heterocycles. The maximum absolute atomic E-state index is 10.8. The van der Waals surface area contributed by atoms with Crippen molar-refractivity contribution in [3.63, 3.8) is 0 Å². The van der Waals surface area contributed by atoms with E-state index in [-0.39, 0.29) is 5.69 Å². The van der Waals surface area contributed by atoms with E-state index in [0.717, 1.165) is 18.4 Å². The molecule has 0 aliphatic rings. The highest BCUT2D eigenvalue weighted by atomic mass is 16.6. The van der Waals surface area contributed by atoms with Crippen molar-refractivity contribution in [1.29, 1.82) is 0 Å². The van der Waals surface area contributed by atoms with Gasteiger partial charge in [0.05, 0.1) is 18.1 Å². The lowest BCUT2D eigenvalue weighted by atomic mass is 10.1. The summed E-state index contributed by atoms with van der Waals surface area (Å²) in [5.74, 6) is 0.518. The average molecular weight is 252 g/mol. The van der Waals surface area contributed by atoms with Gasteiger partial charge in [0.2, 0.25) is 0 Å². The minimum absolute atomic E-state index is 0.0642. The van der Waals surface area contributed by atoms with Crippen LogP contribution in [0.1, 0.15) is 32.3 Å². The van der Waals surface area contributed by atoms with Gasteiger partial charge in [0, 0.05) is 18.7 Å². The normalized spacial score (nSPS) is 12.2. The Morgan fingerprint density at radius 3 is 2.72 bits per heavy atom. The van der Waals surface area contributed by atoms with Crippen LogP contribution in [0.4, 0.5) is 5.69 Å². The molecule has 0 aliphatic carbocycles. The summed E-state index contributed by atoms with van der Waals surface area (Å²) in [5, 5.41) is 14.1. The van der Waals surface area contributed by atoms with E-state index in [1.165, 1.54) is 13.2 Å². The van der Waals surface area contributed by atoms with Gasteiger partial charge < -0.3 is 10.1 Å². The van der Waals surface area contributed by atoms with Gasteiger partial charge in [-0.25, -0.2) is 0 Å². The number of hydrogen-bond donors (Lipinski definition) is 1. The summed E-state index contributed by atoms with van der Waals surface area (Å²) in [7, 11) is 1.51. The number of rotatable bonds is 7. The third kappa shape index (κ3) is 4.33. The van der Waals surface area contributed by atoms with Crippen molar-refractivity contribution in [2.75, 3.05) is 7.11 Å². The molecule has 0 amide bonds. The number of nitro benzene ring substituents is 1. The lowest BCUT2D eigenvalue weighted by molar-refractivity contribution is -0.385. The van der Waals surface area contributed by atoms with Crippen LogP contribution in [-0.2, 0) is 6.54 Å². The molecular formula is C13H20N2O3. The fourth-order valence-electron chi connectivity index (χ4n) is 1.80. The van der Waals surface area contributed by atoms with Crippen molar-refractivity contribution >= 4 is 5.69 Å². The van der Waals surface area contributed by atoms with Gasteiger partial charge in [0.25, 0.3) is 5.69 Å². The van der Waals surface area contributed by atoms with Crippen LogP contribution in [0.2, 0.25) is 0 Å². The number of nitrogens with zero attached hydrogens (tertiary/aromatic N) is 1. The molecule has 0 radical (unpaired) electrons. The van der Waals surface area contributed by atoms with Crippen LogP contribution >= 0.6 is 0 Å². The molecule has 0 aliphatic heterocycles. The van der Waals surface area contributed by atoms with Crippen molar-refractivity contribution < 1.29 is 9.66 Å². The maximum Gasteiger partial charge on any atom is 0.273 e. The summed E-state index contributed by atoms with van der Waals surface area (Å²) < 4.78 is 5.07. The smallest absolute Gasteiger partial charge is 0.273 e. The summed E-state index contributed by atoms with van der Waals surface area (Å²) in [4.78, 5) is 10.4. The lowest BCUT2D eigenvalue weighted by Gasteiger charge is -2.13. The van der Waals surface area contributed by atoms with Crippen LogP contribution in [0.25, 0.3) is 0 Å². The second-order valence-electron chi connectivity index (χ2n) is 4.37. The molecular weight excluding hydrogens is 232 g/mol. The number of nitro groups is 1. The van der Waals surface area contributed by atoms with Gasteiger partial charge in [-0.2, -0.15) is 0 Å². The molecule has 0 saturated carbocycles. The first kappa shape index (κ1) is 14.4. The van der Waals surface area contributed by atoms with E-state index in [9.17, 15) is 10.1 Å². The van der Waals surface area contributed by atoms with Gasteiger partial charge >= 0.3 is 0 Å². The highest BCUT2D eigenvalue weighted by Crippen LogP contribution is 2.22. The van der Waals surface area contributed by atoms with Crippen LogP contribution in [0.15, 0.2) is 18.2 Å². The van der Waals surface area contributed by atoms with Gasteiger partial charge in [-0.05, 0) is 25.0 Å². The summed E-state index contributed by atoms with van der Waals surface area (Å²) in [6.45, 7) is 4.85. The fourth-order valence-corrected chi connectivity index (χ4v) is 1.80. The molecule has 0 fully saturated rings. The lowest BCUT2D eigenvalue weighted by Crippen LogP contribution is -2.25. The van der Waals surface area contributed by atoms with Crippen LogP contribution in [0.3, 0.4) is 0 Å². The first-order chi connectivity index (χ1) is 8.56. The summed E-state index contributed by atoms with van der Waals surface area (Å²) in [6.07, 6.45) is 2.21. The molecule has 1 unspecified atom stereocenters. The zero-order valence-electron chi connectivity index (χ0n) is 11.1. The highest BCUT2D eigenvalue weighted by Gasteiger charge is 2.10. The Balaban J connectivity index is 2.75. The molecule has 18 heavy (non-hydrogen) atoms. The Morgan fingerprint density at radius 1 is 1.44 bits per heavy atom. The third-order valence-electron chi connectivity index (χ3n) is 2.77. The van der Waals surface area contributed by atoms with Crippen molar-refractivity contribution in [2.24, 2.45) is 0 Å². The van der Waals surface area contributed by atoms with E-state index in [1.54, 1.807) is 6.07 Å². The molecule has 0 heterocycles. The zero-order chi connectivity index (χ0) is 13.5. The Bertz CT molecular complexity index is 407. The quantitative estimate of drug-likeness (QED) is 0.598. The van der Waals surface area contributed by atoms with Gasteiger partial charge in [0.15, 0.2) is 0 Å². The predicted molar refractivity (Wildman–Crippen MR) is 70.9 cm³/mol. The molecule has 5 nitrogen and oxygen atoms in total. The number of methoxy groups -OCH3 is 1. The van der Waals surface area contributed by atoms with E-state index < -0.39 is 4.92 Å². The Kier molecular flexibility index (Phi) is 5.58. The monoisotopic (exact) mass is 252 g/mol. The minimum Gasteiger partial charge on any atom is -0.496 e. The number of nitrogens with one attached hydrogen (secondary N) is 1. The van der Waals surface area contributed by atoms with Gasteiger partial charge in [-0.1, -0.05) is 13.3 Å². The molecule has 0 spiro atoms. The SMILES string of the molecule is CCCC(C)NCc1cc(OC)cc([N+](=O)[O-])c1. The molecule has 1 N–H and O–H groups in total. The molecule has 1 aromatic rings. The molecule has 1 atom stereocenters. The minimum atomic E-state index is -0.401. The molecule has 0 bridgehead atoms. The van der Waals surface area contributed by atoms with Gasteiger partial charge in [-0.15, -0.1) is 0 Å². The van der Waals surface area contributed by atoms with Crippen LogP contribution in [0.5, 0.6) is 5.75 Å². The molecule has 1 rings (SSSR count). The summed E-state index contributed by atoms with van der Waals surface area (Å²) in [5.41, 5.74) is 0.929. The summed E-state index contributed by atoms with van der Waals surface area (Å²) in [6, 6.07) is 5.23. The van der Waals surface area contributed by atoms with Gasteiger partial charge in [-0.3, -0.25) is 10.1 Å². The third-order valence-corrected chi connectivity index (χ3v) is 2.77. The molecule has 5 heteroatoms. The molecule has 1 aromatic carbocycles. The summed E-state index contributed by atoms with van der Waals surface area (Å²) >= 11 is 0. The molecule has 100 valence electrons. The number of hydrogen-bond acceptors (Lipinski definition) is 4. The topological polar surface area (TPSA) is 64.4 Å². The average Bonchev–Trinajstić information content (AvgIpc) is 2.36. The molecule has 0 saturated heterocycles. The number of benzene rings is 1. The first-order valence-corrected chi connectivity index (χ1v) is 6.12. The standard InChI is InChI=1S/C13H20N2O3/c1-4-5-10(2)14-9-11-6-12(15(16)17)8-13(7-11)18-3/h6-8,10,14H,4-5,9H2,1-3H3. The van der Waals surface area contributed by atoms with Crippen molar-refractivity contribution in [3.8, 4) is 5.75 Å². The van der Waals surface area contributed by atoms with E-state index in [0.29, 0.717) is 18.3 Å². The van der Waals surface area contributed by atoms with E-state index in [2.05, 4.69) is 19.2 Å². The zero-order valence-corrected chi connectivity index (χ0v) is 11.1. The van der Waals surface area contributed by atoms with Crippen molar-refractivity contribution in [1.82, 2.24) is 5.32 Å².